The molecule has 0 amide bonds. The van der Waals surface area contributed by atoms with E-state index in [4.69, 9.17) is 5.11 Å². The average molecular weight is 290 g/mol. The highest BCUT2D eigenvalue weighted by atomic mass is 32.1. The largest absolute Gasteiger partial charge is 0.477 e. The van der Waals surface area contributed by atoms with Crippen molar-refractivity contribution in [1.29, 1.82) is 0 Å². The van der Waals surface area contributed by atoms with Gasteiger partial charge in [0.1, 0.15) is 4.88 Å². The third kappa shape index (κ3) is 2.82. The first kappa shape index (κ1) is 14.5. The molecule has 0 unspecified atom stereocenters. The summed E-state index contributed by atoms with van der Waals surface area (Å²) in [5, 5.41) is 13.0. The molecule has 0 radical (unpaired) electrons. The van der Waals surface area contributed by atoms with Crippen LogP contribution in [0.5, 0.6) is 0 Å². The predicted molar refractivity (Wildman–Crippen MR) is 82.4 cm³/mol. The zero-order valence-electron chi connectivity index (χ0n) is 12.0. The molecule has 0 bridgehead atoms. The van der Waals surface area contributed by atoms with Crippen molar-refractivity contribution >= 4 is 28.1 Å². The van der Waals surface area contributed by atoms with Crippen LogP contribution in [0.4, 0.5) is 10.8 Å². The van der Waals surface area contributed by atoms with Crippen LogP contribution in [0.15, 0.2) is 18.2 Å². The molecule has 0 atom stereocenters. The molecule has 4 nitrogen and oxygen atoms in total. The van der Waals surface area contributed by atoms with Crippen molar-refractivity contribution in [2.75, 3.05) is 5.32 Å². The molecule has 0 aliphatic heterocycles. The van der Waals surface area contributed by atoms with E-state index in [1.807, 2.05) is 19.1 Å². The first-order valence-corrected chi connectivity index (χ1v) is 7.29. The number of carboxylic acids is 1. The molecular formula is C15H18N2O2S. The summed E-state index contributed by atoms with van der Waals surface area (Å²) < 4.78 is 0. The standard InChI is InChI=1S/C15H18N2O2S/c1-8(2)11-7-5-6-9(3)12(11)17-15-16-10(4)13(20-15)14(18)19/h5-8H,1-4H3,(H,16,17)(H,18,19). The SMILES string of the molecule is Cc1cccc(C(C)C)c1Nc1nc(C)c(C(=O)O)s1. The third-order valence-electron chi connectivity index (χ3n) is 3.15. The highest BCUT2D eigenvalue weighted by Crippen LogP contribution is 2.32. The maximum Gasteiger partial charge on any atom is 0.347 e. The molecule has 2 rings (SSSR count). The van der Waals surface area contributed by atoms with Gasteiger partial charge in [0.25, 0.3) is 0 Å². The zero-order valence-corrected chi connectivity index (χ0v) is 12.8. The Morgan fingerprint density at radius 2 is 2.05 bits per heavy atom. The monoisotopic (exact) mass is 290 g/mol. The van der Waals surface area contributed by atoms with Gasteiger partial charge in [-0.15, -0.1) is 0 Å². The Balaban J connectivity index is 2.40. The molecule has 0 saturated heterocycles. The van der Waals surface area contributed by atoms with E-state index in [1.165, 1.54) is 16.9 Å². The first-order chi connectivity index (χ1) is 9.40. The number of nitrogens with zero attached hydrogens (tertiary/aromatic N) is 1. The third-order valence-corrected chi connectivity index (χ3v) is 4.21. The lowest BCUT2D eigenvalue weighted by Crippen LogP contribution is -2.00. The van der Waals surface area contributed by atoms with Crippen LogP contribution in [0, 0.1) is 13.8 Å². The van der Waals surface area contributed by atoms with Gasteiger partial charge in [0.05, 0.1) is 5.69 Å². The summed E-state index contributed by atoms with van der Waals surface area (Å²) in [5.74, 6) is -0.542. The quantitative estimate of drug-likeness (QED) is 0.880. The van der Waals surface area contributed by atoms with Gasteiger partial charge in [0, 0.05) is 5.69 Å². The maximum atomic E-state index is 11.1. The Morgan fingerprint density at radius 3 is 2.60 bits per heavy atom. The van der Waals surface area contributed by atoms with Crippen LogP contribution in [0.2, 0.25) is 0 Å². The maximum absolute atomic E-state index is 11.1. The fourth-order valence-electron chi connectivity index (χ4n) is 2.10. The number of carboxylic acid groups (broad SMARTS) is 1. The van der Waals surface area contributed by atoms with Gasteiger partial charge in [0.2, 0.25) is 0 Å². The van der Waals surface area contributed by atoms with E-state index < -0.39 is 5.97 Å². The molecule has 2 N–H and O–H groups in total. The Labute approximate surface area is 122 Å². The Morgan fingerprint density at radius 1 is 1.35 bits per heavy atom. The summed E-state index contributed by atoms with van der Waals surface area (Å²) in [7, 11) is 0. The molecule has 5 heteroatoms. The lowest BCUT2D eigenvalue weighted by Gasteiger charge is -2.15. The zero-order chi connectivity index (χ0) is 14.9. The molecule has 1 heterocycles. The predicted octanol–water partition coefficient (Wildman–Crippen LogP) is 4.33. The fraction of sp³-hybridized carbons (Fsp3) is 0.333. The summed E-state index contributed by atoms with van der Waals surface area (Å²) >= 11 is 1.17. The Hall–Kier alpha value is -1.88. The second kappa shape index (κ2) is 5.63. The highest BCUT2D eigenvalue weighted by Gasteiger charge is 2.16. The second-order valence-corrected chi connectivity index (χ2v) is 6.06. The Kier molecular flexibility index (Phi) is 4.09. The van der Waals surface area contributed by atoms with Crippen LogP contribution >= 0.6 is 11.3 Å². The number of para-hydroxylation sites is 1. The van der Waals surface area contributed by atoms with Gasteiger partial charge in [-0.2, -0.15) is 0 Å². The molecule has 20 heavy (non-hydrogen) atoms. The molecule has 0 spiro atoms. The number of rotatable bonds is 4. The minimum Gasteiger partial charge on any atom is -0.477 e. The molecule has 1 aromatic heterocycles. The van der Waals surface area contributed by atoms with Gasteiger partial charge >= 0.3 is 5.97 Å². The molecule has 106 valence electrons. The highest BCUT2D eigenvalue weighted by molar-refractivity contribution is 7.17. The number of hydrogen-bond donors (Lipinski definition) is 2. The number of thiazole rings is 1. The van der Waals surface area contributed by atoms with E-state index in [0.717, 1.165) is 11.3 Å². The lowest BCUT2D eigenvalue weighted by molar-refractivity contribution is 0.0701. The van der Waals surface area contributed by atoms with Crippen molar-refractivity contribution in [2.45, 2.75) is 33.6 Å². The number of hydrogen-bond acceptors (Lipinski definition) is 4. The molecule has 0 aliphatic rings. The van der Waals surface area contributed by atoms with Gasteiger partial charge < -0.3 is 10.4 Å². The first-order valence-electron chi connectivity index (χ1n) is 6.47. The van der Waals surface area contributed by atoms with Crippen LogP contribution < -0.4 is 5.32 Å². The summed E-state index contributed by atoms with van der Waals surface area (Å²) in [6.45, 7) is 8.02. The topological polar surface area (TPSA) is 62.2 Å². The lowest BCUT2D eigenvalue weighted by atomic mass is 9.98. The van der Waals surface area contributed by atoms with Crippen molar-refractivity contribution < 1.29 is 9.90 Å². The number of carbonyl (C=O) groups is 1. The second-order valence-electron chi connectivity index (χ2n) is 5.06. The summed E-state index contributed by atoms with van der Waals surface area (Å²) in [5.41, 5.74) is 3.90. The Bertz CT molecular complexity index is 647. The number of nitrogens with one attached hydrogen (secondary N) is 1. The minimum absolute atomic E-state index is 0.284. The van der Waals surface area contributed by atoms with Crippen LogP contribution in [-0.2, 0) is 0 Å². The number of aromatic nitrogens is 1. The smallest absolute Gasteiger partial charge is 0.347 e. The van der Waals surface area contributed by atoms with Gasteiger partial charge in [-0.1, -0.05) is 43.4 Å². The number of benzene rings is 1. The van der Waals surface area contributed by atoms with Crippen molar-refractivity contribution in [3.63, 3.8) is 0 Å². The fourth-order valence-corrected chi connectivity index (χ4v) is 2.91. The van der Waals surface area contributed by atoms with E-state index in [-0.39, 0.29) is 4.88 Å². The molecule has 0 saturated carbocycles. The average Bonchev–Trinajstić information content (AvgIpc) is 2.72. The van der Waals surface area contributed by atoms with Crippen molar-refractivity contribution in [1.82, 2.24) is 4.98 Å². The normalized spacial score (nSPS) is 10.8. The van der Waals surface area contributed by atoms with Gasteiger partial charge in [-0.05, 0) is 30.9 Å². The minimum atomic E-state index is -0.929. The van der Waals surface area contributed by atoms with Crippen molar-refractivity contribution in [3.8, 4) is 0 Å². The number of aromatic carboxylic acids is 1. The number of anilines is 2. The summed E-state index contributed by atoms with van der Waals surface area (Å²) in [6, 6.07) is 6.15. The van der Waals surface area contributed by atoms with Gasteiger partial charge in [-0.3, -0.25) is 0 Å². The summed E-state index contributed by atoms with van der Waals surface area (Å²) in [4.78, 5) is 15.7. The molecule has 1 aromatic carbocycles. The van der Waals surface area contributed by atoms with Gasteiger partial charge in [-0.25, -0.2) is 9.78 Å². The van der Waals surface area contributed by atoms with E-state index in [2.05, 4.69) is 30.2 Å². The number of aryl methyl sites for hydroxylation is 2. The molecule has 0 aliphatic carbocycles. The molecular weight excluding hydrogens is 272 g/mol. The van der Waals surface area contributed by atoms with E-state index >= 15 is 0 Å². The van der Waals surface area contributed by atoms with Crippen molar-refractivity contribution in [2.24, 2.45) is 0 Å². The van der Waals surface area contributed by atoms with Crippen LogP contribution in [0.1, 0.15) is 46.3 Å². The molecule has 2 aromatic rings. The molecule has 0 fully saturated rings. The van der Waals surface area contributed by atoms with Crippen LogP contribution in [0.3, 0.4) is 0 Å². The van der Waals surface area contributed by atoms with Gasteiger partial charge in [0.15, 0.2) is 5.13 Å². The van der Waals surface area contributed by atoms with E-state index in [1.54, 1.807) is 6.92 Å². The van der Waals surface area contributed by atoms with Crippen LogP contribution in [-0.4, -0.2) is 16.1 Å². The van der Waals surface area contributed by atoms with E-state index in [0.29, 0.717) is 16.7 Å². The van der Waals surface area contributed by atoms with Crippen molar-refractivity contribution in [3.05, 3.63) is 39.9 Å². The van der Waals surface area contributed by atoms with E-state index in [9.17, 15) is 4.79 Å². The summed E-state index contributed by atoms with van der Waals surface area (Å²) in [6.07, 6.45) is 0. The van der Waals surface area contributed by atoms with Crippen LogP contribution in [0.25, 0.3) is 0 Å².